The quantitative estimate of drug-likeness (QED) is 0.572. The van der Waals surface area contributed by atoms with Crippen LogP contribution in [0.1, 0.15) is 60.5 Å². The van der Waals surface area contributed by atoms with E-state index in [-0.39, 0.29) is 55.3 Å². The van der Waals surface area contributed by atoms with Crippen LogP contribution in [0.15, 0.2) is 6.33 Å². The third kappa shape index (κ3) is 6.33. The minimum Gasteiger partial charge on any atom is -0.480 e. The molecule has 3 rings (SSSR count). The smallest absolute Gasteiger partial charge is 0.359 e. The molecule has 0 aromatic carbocycles. The number of fused-ring (bicyclic) bond motifs is 1. The number of carbonyl (C=O) groups is 3. The molecule has 9 nitrogen and oxygen atoms in total. The summed E-state index contributed by atoms with van der Waals surface area (Å²) in [5, 5.41) is 12.4. The molecular weight excluding hydrogens is 449 g/mol. The Hall–Kier alpha value is -1.84. The van der Waals surface area contributed by atoms with Crippen LogP contribution in [-0.2, 0) is 20.8 Å². The van der Waals surface area contributed by atoms with Crippen LogP contribution in [0.2, 0.25) is 0 Å². The highest BCUT2D eigenvalue weighted by Gasteiger charge is 2.38. The standard InChI is InChI=1S/C20H29N3O6.2ClH/c1-3-28-19(26)16-17(20(27)29-4-2)23(11-22-16)10-12-5-6-13-9-21-15(18(24)25)8-14(13)7-12;;/h11-15,21H,3-10H2,1-2H3,(H,24,25);2*1H. The van der Waals surface area contributed by atoms with Crippen LogP contribution < -0.4 is 5.32 Å². The predicted molar refractivity (Wildman–Crippen MR) is 117 cm³/mol. The molecule has 0 bridgehead atoms. The lowest BCUT2D eigenvalue weighted by atomic mass is 9.69. The lowest BCUT2D eigenvalue weighted by molar-refractivity contribution is -0.141. The zero-order valence-corrected chi connectivity index (χ0v) is 19.4. The van der Waals surface area contributed by atoms with E-state index in [4.69, 9.17) is 9.47 Å². The number of esters is 2. The maximum Gasteiger partial charge on any atom is 0.359 e. The first-order valence-electron chi connectivity index (χ1n) is 10.3. The number of hydrogen-bond donors (Lipinski definition) is 2. The molecule has 176 valence electrons. The van der Waals surface area contributed by atoms with Gasteiger partial charge in [0.1, 0.15) is 6.04 Å². The van der Waals surface area contributed by atoms with Gasteiger partial charge in [0.2, 0.25) is 0 Å². The molecule has 11 heteroatoms. The molecule has 1 aliphatic carbocycles. The van der Waals surface area contributed by atoms with Gasteiger partial charge in [-0.05, 0) is 63.8 Å². The summed E-state index contributed by atoms with van der Waals surface area (Å²) in [6.07, 6.45) is 5.01. The summed E-state index contributed by atoms with van der Waals surface area (Å²) in [5.74, 6) is -0.917. The van der Waals surface area contributed by atoms with Crippen LogP contribution in [0.25, 0.3) is 0 Å². The third-order valence-electron chi connectivity index (χ3n) is 5.94. The number of carboxylic acids is 1. The number of imidazole rings is 1. The maximum atomic E-state index is 12.5. The van der Waals surface area contributed by atoms with Crippen molar-refractivity contribution in [2.24, 2.45) is 17.8 Å². The van der Waals surface area contributed by atoms with E-state index in [0.29, 0.717) is 24.8 Å². The summed E-state index contributed by atoms with van der Waals surface area (Å²) >= 11 is 0. The van der Waals surface area contributed by atoms with E-state index in [1.165, 1.54) is 6.33 Å². The normalized spacial score (nSPS) is 24.7. The first-order chi connectivity index (χ1) is 13.9. The number of nitrogens with one attached hydrogen (secondary N) is 1. The zero-order valence-electron chi connectivity index (χ0n) is 17.7. The van der Waals surface area contributed by atoms with E-state index in [2.05, 4.69) is 10.3 Å². The van der Waals surface area contributed by atoms with Crippen LogP contribution in [0, 0.1) is 17.8 Å². The second-order valence-corrected chi connectivity index (χ2v) is 7.77. The minimum atomic E-state index is -0.802. The molecule has 2 aliphatic rings. The topological polar surface area (TPSA) is 120 Å². The number of halogens is 2. The largest absolute Gasteiger partial charge is 0.480 e. The summed E-state index contributed by atoms with van der Waals surface area (Å²) in [6.45, 7) is 5.07. The summed E-state index contributed by atoms with van der Waals surface area (Å²) in [4.78, 5) is 40.1. The zero-order chi connectivity index (χ0) is 21.0. The van der Waals surface area contributed by atoms with E-state index in [0.717, 1.165) is 25.8 Å². The number of rotatable bonds is 7. The third-order valence-corrected chi connectivity index (χ3v) is 5.94. The van der Waals surface area contributed by atoms with Gasteiger partial charge in [0.15, 0.2) is 11.4 Å². The SMILES string of the molecule is CCOC(=O)c1ncn(CC2CCC3CNC(C(=O)O)CC3C2)c1C(=O)OCC.Cl.Cl. The maximum absolute atomic E-state index is 12.5. The minimum absolute atomic E-state index is 0. The van der Waals surface area contributed by atoms with Crippen molar-refractivity contribution in [2.75, 3.05) is 19.8 Å². The van der Waals surface area contributed by atoms with Crippen molar-refractivity contribution in [2.45, 2.75) is 52.1 Å². The van der Waals surface area contributed by atoms with Gasteiger partial charge in [0.05, 0.1) is 19.5 Å². The van der Waals surface area contributed by atoms with Crippen molar-refractivity contribution in [3.05, 3.63) is 17.7 Å². The lowest BCUT2D eigenvalue weighted by Gasteiger charge is -2.41. The summed E-state index contributed by atoms with van der Waals surface area (Å²) in [6, 6.07) is -0.492. The molecule has 0 radical (unpaired) electrons. The Kier molecular flexibility index (Phi) is 10.8. The lowest BCUT2D eigenvalue weighted by Crippen LogP contribution is -2.49. The van der Waals surface area contributed by atoms with Crippen LogP contribution in [0.3, 0.4) is 0 Å². The summed E-state index contributed by atoms with van der Waals surface area (Å²) < 4.78 is 11.8. The first-order valence-corrected chi connectivity index (χ1v) is 10.3. The molecule has 31 heavy (non-hydrogen) atoms. The Morgan fingerprint density at radius 1 is 1.10 bits per heavy atom. The Morgan fingerprint density at radius 3 is 2.42 bits per heavy atom. The molecule has 2 N–H and O–H groups in total. The Bertz CT molecular complexity index is 772. The van der Waals surface area contributed by atoms with E-state index < -0.39 is 23.9 Å². The van der Waals surface area contributed by atoms with E-state index in [9.17, 15) is 19.5 Å². The van der Waals surface area contributed by atoms with Gasteiger partial charge in [-0.1, -0.05) is 0 Å². The molecule has 0 amide bonds. The number of aliphatic carboxylic acids is 1. The van der Waals surface area contributed by atoms with Crippen molar-refractivity contribution in [3.8, 4) is 0 Å². The van der Waals surface area contributed by atoms with Crippen molar-refractivity contribution >= 4 is 42.7 Å². The molecule has 1 saturated carbocycles. The molecule has 4 unspecified atom stereocenters. The fraction of sp³-hybridized carbons (Fsp3) is 0.700. The monoisotopic (exact) mass is 479 g/mol. The fourth-order valence-corrected chi connectivity index (χ4v) is 4.58. The Morgan fingerprint density at radius 2 is 1.77 bits per heavy atom. The Balaban J connectivity index is 0.00000240. The van der Waals surface area contributed by atoms with Crippen molar-refractivity contribution in [3.63, 3.8) is 0 Å². The number of ether oxygens (including phenoxy) is 2. The van der Waals surface area contributed by atoms with Gasteiger partial charge < -0.3 is 24.5 Å². The van der Waals surface area contributed by atoms with Gasteiger partial charge >= 0.3 is 17.9 Å². The predicted octanol–water partition coefficient (Wildman–Crippen LogP) is 2.56. The van der Waals surface area contributed by atoms with Gasteiger partial charge in [-0.15, -0.1) is 24.8 Å². The number of carbonyl (C=O) groups excluding carboxylic acids is 2. The summed E-state index contributed by atoms with van der Waals surface area (Å²) in [5.41, 5.74) is 0.105. The fourth-order valence-electron chi connectivity index (χ4n) is 4.58. The van der Waals surface area contributed by atoms with Crippen molar-refractivity contribution < 1.29 is 29.0 Å². The second-order valence-electron chi connectivity index (χ2n) is 7.77. The molecule has 1 saturated heterocycles. The van der Waals surface area contributed by atoms with Crippen molar-refractivity contribution in [1.29, 1.82) is 0 Å². The first kappa shape index (κ1) is 27.2. The van der Waals surface area contributed by atoms with Gasteiger partial charge in [-0.25, -0.2) is 14.6 Å². The molecule has 1 aromatic rings. The van der Waals surface area contributed by atoms with Gasteiger partial charge in [-0.3, -0.25) is 4.79 Å². The summed E-state index contributed by atoms with van der Waals surface area (Å²) in [7, 11) is 0. The van der Waals surface area contributed by atoms with E-state index in [1.54, 1.807) is 18.4 Å². The van der Waals surface area contributed by atoms with Gasteiger partial charge in [-0.2, -0.15) is 0 Å². The average Bonchev–Trinajstić information content (AvgIpc) is 3.11. The highest BCUT2D eigenvalue weighted by molar-refractivity contribution is 6.00. The molecule has 2 fully saturated rings. The second kappa shape index (κ2) is 12.3. The van der Waals surface area contributed by atoms with Crippen molar-refractivity contribution in [1.82, 2.24) is 14.9 Å². The molecule has 4 atom stereocenters. The van der Waals surface area contributed by atoms with Gasteiger partial charge in [0.25, 0.3) is 0 Å². The van der Waals surface area contributed by atoms with Crippen LogP contribution in [-0.4, -0.2) is 58.4 Å². The molecule has 0 spiro atoms. The van der Waals surface area contributed by atoms with E-state index >= 15 is 0 Å². The number of nitrogens with zero attached hydrogens (tertiary/aromatic N) is 2. The number of hydrogen-bond acceptors (Lipinski definition) is 7. The average molecular weight is 480 g/mol. The number of piperidine rings is 1. The molecule has 1 aromatic heterocycles. The molecule has 1 aliphatic heterocycles. The van der Waals surface area contributed by atoms with Gasteiger partial charge in [0, 0.05) is 6.54 Å². The van der Waals surface area contributed by atoms with E-state index in [1.807, 2.05) is 0 Å². The number of aromatic nitrogens is 2. The van der Waals surface area contributed by atoms with Crippen LogP contribution in [0.5, 0.6) is 0 Å². The Labute approximate surface area is 194 Å². The highest BCUT2D eigenvalue weighted by atomic mass is 35.5. The van der Waals surface area contributed by atoms with Crippen LogP contribution in [0.4, 0.5) is 0 Å². The molecule has 2 heterocycles. The van der Waals surface area contributed by atoms with Crippen LogP contribution >= 0.6 is 24.8 Å². The highest BCUT2D eigenvalue weighted by Crippen LogP contribution is 2.39. The number of carboxylic acid groups (broad SMARTS) is 1. The molecular formula is C20H31Cl2N3O6.